The molecule has 0 radical (unpaired) electrons. The number of rotatable bonds is 3. The molecule has 0 spiro atoms. The third-order valence-electron chi connectivity index (χ3n) is 4.82. The van der Waals surface area contributed by atoms with Crippen molar-refractivity contribution in [3.63, 3.8) is 0 Å². The van der Waals surface area contributed by atoms with E-state index in [1.165, 1.54) is 45.3 Å². The van der Waals surface area contributed by atoms with Gasteiger partial charge in [-0.15, -0.1) is 0 Å². The van der Waals surface area contributed by atoms with Gasteiger partial charge in [0.05, 0.1) is 0 Å². The molecule has 94 valence electrons. The number of hydrogen-bond donors (Lipinski definition) is 1. The van der Waals surface area contributed by atoms with E-state index in [2.05, 4.69) is 31.0 Å². The Morgan fingerprint density at radius 1 is 1.25 bits per heavy atom. The van der Waals surface area contributed by atoms with Crippen LogP contribution in [0.5, 0.6) is 0 Å². The maximum Gasteiger partial charge on any atom is 0.0195 e. The second-order valence-electron chi connectivity index (χ2n) is 5.92. The molecule has 4 unspecified atom stereocenters. The fraction of sp³-hybridized carbons (Fsp3) is 1.00. The van der Waals surface area contributed by atoms with Gasteiger partial charge in [0.15, 0.2) is 0 Å². The Bertz CT molecular complexity index is 215. The maximum absolute atomic E-state index is 3.66. The van der Waals surface area contributed by atoms with Gasteiger partial charge in [0, 0.05) is 31.7 Å². The maximum atomic E-state index is 3.66. The lowest BCUT2D eigenvalue weighted by molar-refractivity contribution is 0.112. The molecular formula is C14H28N2. The van der Waals surface area contributed by atoms with Crippen molar-refractivity contribution < 1.29 is 0 Å². The molecule has 4 atom stereocenters. The molecular weight excluding hydrogens is 196 g/mol. The van der Waals surface area contributed by atoms with Crippen molar-refractivity contribution in [3.05, 3.63) is 0 Å². The highest BCUT2D eigenvalue weighted by atomic mass is 15.2. The fourth-order valence-electron chi connectivity index (χ4n) is 3.55. The highest BCUT2D eigenvalue weighted by molar-refractivity contribution is 4.90. The van der Waals surface area contributed by atoms with Crippen molar-refractivity contribution in [2.24, 2.45) is 11.8 Å². The lowest BCUT2D eigenvalue weighted by Crippen LogP contribution is -2.54. The standard InChI is InChI=1S/C14H28N2/c1-4-5-13-10-16(9-8-15-13)14-7-6-11(2)12(14)3/h11-15H,4-10H2,1-3H3. The summed E-state index contributed by atoms with van der Waals surface area (Å²) < 4.78 is 0. The summed E-state index contributed by atoms with van der Waals surface area (Å²) in [5, 5.41) is 3.66. The summed E-state index contributed by atoms with van der Waals surface area (Å²) in [6, 6.07) is 1.62. The summed E-state index contributed by atoms with van der Waals surface area (Å²) in [6.45, 7) is 10.9. The zero-order chi connectivity index (χ0) is 11.5. The van der Waals surface area contributed by atoms with Crippen molar-refractivity contribution >= 4 is 0 Å². The van der Waals surface area contributed by atoms with Gasteiger partial charge < -0.3 is 5.32 Å². The van der Waals surface area contributed by atoms with Gasteiger partial charge in [-0.1, -0.05) is 27.2 Å². The summed E-state index contributed by atoms with van der Waals surface area (Å²) in [4.78, 5) is 2.77. The first kappa shape index (κ1) is 12.4. The van der Waals surface area contributed by atoms with Gasteiger partial charge in [-0.3, -0.25) is 4.90 Å². The molecule has 0 amide bonds. The van der Waals surface area contributed by atoms with Gasteiger partial charge in [0.2, 0.25) is 0 Å². The molecule has 1 saturated carbocycles. The minimum absolute atomic E-state index is 0.752. The van der Waals surface area contributed by atoms with E-state index < -0.39 is 0 Å². The SMILES string of the molecule is CCCC1CN(C2CCC(C)C2C)CCN1. The fourth-order valence-corrected chi connectivity index (χ4v) is 3.55. The lowest BCUT2D eigenvalue weighted by Gasteiger charge is -2.39. The Kier molecular flexibility index (Phi) is 4.26. The molecule has 2 aliphatic rings. The van der Waals surface area contributed by atoms with Crippen molar-refractivity contribution in [2.45, 2.75) is 58.5 Å². The van der Waals surface area contributed by atoms with Crippen LogP contribution < -0.4 is 5.32 Å². The van der Waals surface area contributed by atoms with Gasteiger partial charge in [-0.05, 0) is 31.1 Å². The molecule has 0 bridgehead atoms. The van der Waals surface area contributed by atoms with Crippen LogP contribution in [0.25, 0.3) is 0 Å². The molecule has 2 fully saturated rings. The molecule has 16 heavy (non-hydrogen) atoms. The highest BCUT2D eigenvalue weighted by Gasteiger charge is 2.35. The summed E-state index contributed by atoms with van der Waals surface area (Å²) in [7, 11) is 0. The van der Waals surface area contributed by atoms with Crippen LogP contribution in [0.1, 0.15) is 46.5 Å². The molecule has 1 aliphatic heterocycles. The van der Waals surface area contributed by atoms with Crippen molar-refractivity contribution in [1.82, 2.24) is 10.2 Å². The number of nitrogens with one attached hydrogen (secondary N) is 1. The van der Waals surface area contributed by atoms with Crippen LogP contribution >= 0.6 is 0 Å². The molecule has 2 heteroatoms. The minimum Gasteiger partial charge on any atom is -0.311 e. The molecule has 1 aliphatic carbocycles. The highest BCUT2D eigenvalue weighted by Crippen LogP contribution is 2.35. The van der Waals surface area contributed by atoms with Crippen molar-refractivity contribution in [3.8, 4) is 0 Å². The average molecular weight is 224 g/mol. The van der Waals surface area contributed by atoms with Crippen LogP contribution in [0.4, 0.5) is 0 Å². The first-order valence-corrected chi connectivity index (χ1v) is 7.19. The van der Waals surface area contributed by atoms with Crippen molar-refractivity contribution in [1.29, 1.82) is 0 Å². The molecule has 0 aromatic carbocycles. The number of nitrogens with zero attached hydrogens (tertiary/aromatic N) is 1. The molecule has 0 aromatic heterocycles. The second kappa shape index (κ2) is 5.50. The van der Waals surface area contributed by atoms with Crippen LogP contribution in [-0.4, -0.2) is 36.6 Å². The van der Waals surface area contributed by atoms with E-state index in [1.807, 2.05) is 0 Å². The van der Waals surface area contributed by atoms with E-state index in [9.17, 15) is 0 Å². The summed E-state index contributed by atoms with van der Waals surface area (Å²) >= 11 is 0. The largest absolute Gasteiger partial charge is 0.311 e. The third kappa shape index (κ3) is 2.60. The monoisotopic (exact) mass is 224 g/mol. The van der Waals surface area contributed by atoms with Gasteiger partial charge in [0.1, 0.15) is 0 Å². The third-order valence-corrected chi connectivity index (χ3v) is 4.82. The van der Waals surface area contributed by atoms with E-state index >= 15 is 0 Å². The van der Waals surface area contributed by atoms with Crippen LogP contribution in [0.3, 0.4) is 0 Å². The van der Waals surface area contributed by atoms with E-state index in [-0.39, 0.29) is 0 Å². The molecule has 0 aromatic rings. The topological polar surface area (TPSA) is 15.3 Å². The minimum atomic E-state index is 0.752. The van der Waals surface area contributed by atoms with Crippen LogP contribution in [0, 0.1) is 11.8 Å². The second-order valence-corrected chi connectivity index (χ2v) is 5.92. The molecule has 2 rings (SSSR count). The first-order chi connectivity index (χ1) is 7.72. The van der Waals surface area contributed by atoms with Crippen LogP contribution in [0.15, 0.2) is 0 Å². The zero-order valence-electron chi connectivity index (χ0n) is 11.2. The summed E-state index contributed by atoms with van der Waals surface area (Å²) in [5.41, 5.74) is 0. The lowest BCUT2D eigenvalue weighted by atomic mass is 9.95. The Morgan fingerprint density at radius 3 is 2.69 bits per heavy atom. The summed E-state index contributed by atoms with van der Waals surface area (Å²) in [5.74, 6) is 1.84. The Labute approximate surface area is 101 Å². The van der Waals surface area contributed by atoms with E-state index in [0.29, 0.717) is 0 Å². The Hall–Kier alpha value is -0.0800. The Balaban J connectivity index is 1.89. The van der Waals surface area contributed by atoms with E-state index in [1.54, 1.807) is 0 Å². The zero-order valence-corrected chi connectivity index (χ0v) is 11.2. The molecule has 2 nitrogen and oxygen atoms in total. The average Bonchev–Trinajstić information content (AvgIpc) is 2.61. The predicted octanol–water partition coefficient (Wildman–Crippen LogP) is 2.49. The van der Waals surface area contributed by atoms with Crippen LogP contribution in [0.2, 0.25) is 0 Å². The predicted molar refractivity (Wildman–Crippen MR) is 69.6 cm³/mol. The van der Waals surface area contributed by atoms with Crippen LogP contribution in [-0.2, 0) is 0 Å². The number of hydrogen-bond acceptors (Lipinski definition) is 2. The first-order valence-electron chi connectivity index (χ1n) is 7.19. The quantitative estimate of drug-likeness (QED) is 0.792. The van der Waals surface area contributed by atoms with E-state index in [0.717, 1.165) is 23.9 Å². The van der Waals surface area contributed by atoms with Gasteiger partial charge in [-0.2, -0.15) is 0 Å². The van der Waals surface area contributed by atoms with Crippen molar-refractivity contribution in [2.75, 3.05) is 19.6 Å². The summed E-state index contributed by atoms with van der Waals surface area (Å²) in [6.07, 6.45) is 5.52. The van der Waals surface area contributed by atoms with E-state index in [4.69, 9.17) is 0 Å². The molecule has 1 heterocycles. The smallest absolute Gasteiger partial charge is 0.0195 e. The van der Waals surface area contributed by atoms with Gasteiger partial charge >= 0.3 is 0 Å². The normalized spacial score (nSPS) is 41.4. The Morgan fingerprint density at radius 2 is 2.06 bits per heavy atom. The molecule has 1 N–H and O–H groups in total. The van der Waals surface area contributed by atoms with Gasteiger partial charge in [0.25, 0.3) is 0 Å². The molecule has 1 saturated heterocycles. The van der Waals surface area contributed by atoms with Gasteiger partial charge in [-0.25, -0.2) is 0 Å². The number of piperazine rings is 1.